The van der Waals surface area contributed by atoms with E-state index < -0.39 is 0 Å². The molecule has 17 heavy (non-hydrogen) atoms. The Balaban J connectivity index is 1.86. The van der Waals surface area contributed by atoms with Gasteiger partial charge in [0.2, 0.25) is 6.39 Å². The van der Waals surface area contributed by atoms with Crippen molar-refractivity contribution >= 4 is 0 Å². The van der Waals surface area contributed by atoms with E-state index in [9.17, 15) is 0 Å². The van der Waals surface area contributed by atoms with Crippen molar-refractivity contribution in [3.8, 4) is 0 Å². The first-order valence-corrected chi connectivity index (χ1v) is 6.02. The van der Waals surface area contributed by atoms with Crippen LogP contribution in [-0.2, 0) is 13.0 Å². The van der Waals surface area contributed by atoms with Gasteiger partial charge < -0.3 is 14.8 Å². The lowest BCUT2D eigenvalue weighted by Crippen LogP contribution is -2.09. The van der Waals surface area contributed by atoms with E-state index in [4.69, 9.17) is 10.3 Å². The molecule has 0 bridgehead atoms. The minimum atomic E-state index is 0.180. The van der Waals surface area contributed by atoms with Crippen LogP contribution in [0.4, 0.5) is 0 Å². The van der Waals surface area contributed by atoms with Crippen LogP contribution in [0, 0.1) is 0 Å². The van der Waals surface area contributed by atoms with E-state index in [1.165, 1.54) is 30.4 Å². The van der Waals surface area contributed by atoms with Gasteiger partial charge in [-0.3, -0.25) is 0 Å². The van der Waals surface area contributed by atoms with Crippen LogP contribution in [0.15, 0.2) is 23.3 Å². The number of fused-ring (bicyclic) bond motifs is 1. The monoisotopic (exact) mass is 232 g/mol. The fourth-order valence-corrected chi connectivity index (χ4v) is 2.47. The summed E-state index contributed by atoms with van der Waals surface area (Å²) >= 11 is 0. The Morgan fingerprint density at radius 3 is 3.18 bits per heavy atom. The number of nitrogens with two attached hydrogens (primary N) is 1. The van der Waals surface area contributed by atoms with Gasteiger partial charge in [-0.2, -0.15) is 4.98 Å². The van der Waals surface area contributed by atoms with Crippen LogP contribution >= 0.6 is 0 Å². The normalized spacial score (nSPS) is 19.9. The molecule has 0 amide bonds. The van der Waals surface area contributed by atoms with E-state index in [-0.39, 0.29) is 6.04 Å². The van der Waals surface area contributed by atoms with Crippen molar-refractivity contribution in [1.82, 2.24) is 14.7 Å². The first-order valence-electron chi connectivity index (χ1n) is 6.02. The minimum Gasteiger partial charge on any atom is -0.346 e. The van der Waals surface area contributed by atoms with E-state index in [1.807, 2.05) is 0 Å². The first-order chi connectivity index (χ1) is 8.33. The molecular weight excluding hydrogens is 216 g/mol. The van der Waals surface area contributed by atoms with Crippen LogP contribution in [0.3, 0.4) is 0 Å². The number of hydrogen-bond donors (Lipinski definition) is 1. The van der Waals surface area contributed by atoms with Gasteiger partial charge in [-0.05, 0) is 30.4 Å². The predicted molar refractivity (Wildman–Crippen MR) is 62.3 cm³/mol. The number of hydrogen-bond acceptors (Lipinski definition) is 4. The summed E-state index contributed by atoms with van der Waals surface area (Å²) in [7, 11) is 0. The zero-order valence-corrected chi connectivity index (χ0v) is 9.67. The third-order valence-electron chi connectivity index (χ3n) is 3.34. The average Bonchev–Trinajstić information content (AvgIpc) is 2.92. The molecule has 1 atom stereocenters. The van der Waals surface area contributed by atoms with Gasteiger partial charge in [-0.15, -0.1) is 0 Å². The molecule has 0 saturated carbocycles. The van der Waals surface area contributed by atoms with Gasteiger partial charge in [-0.1, -0.05) is 11.6 Å². The maximum Gasteiger partial charge on any atom is 0.213 e. The van der Waals surface area contributed by atoms with E-state index in [0.717, 1.165) is 12.8 Å². The molecule has 2 aromatic heterocycles. The van der Waals surface area contributed by atoms with Gasteiger partial charge in [0.1, 0.15) is 0 Å². The molecule has 1 aliphatic carbocycles. The summed E-state index contributed by atoms with van der Waals surface area (Å²) < 4.78 is 6.83. The summed E-state index contributed by atoms with van der Waals surface area (Å²) in [4.78, 5) is 4.03. The smallest absolute Gasteiger partial charge is 0.213 e. The summed E-state index contributed by atoms with van der Waals surface area (Å²) in [5.41, 5.74) is 8.83. The highest BCUT2D eigenvalue weighted by molar-refractivity contribution is 5.29. The Labute approximate surface area is 99.6 Å². The Hall–Kier alpha value is -1.62. The van der Waals surface area contributed by atoms with E-state index in [2.05, 4.69) is 27.1 Å². The van der Waals surface area contributed by atoms with E-state index in [1.54, 1.807) is 0 Å². The number of aryl methyl sites for hydroxylation is 1. The molecule has 2 N–H and O–H groups in total. The highest BCUT2D eigenvalue weighted by Crippen LogP contribution is 2.27. The molecule has 0 spiro atoms. The zero-order chi connectivity index (χ0) is 11.7. The molecule has 0 aromatic carbocycles. The van der Waals surface area contributed by atoms with Crippen LogP contribution in [0.5, 0.6) is 0 Å². The predicted octanol–water partition coefficient (Wildman–Crippen LogP) is 1.65. The first kappa shape index (κ1) is 10.5. The largest absolute Gasteiger partial charge is 0.346 e. The summed E-state index contributed by atoms with van der Waals surface area (Å²) in [6.07, 6.45) is 10.3. The van der Waals surface area contributed by atoms with Crippen molar-refractivity contribution in [3.05, 3.63) is 35.7 Å². The van der Waals surface area contributed by atoms with Crippen molar-refractivity contribution in [2.45, 2.75) is 38.3 Å². The number of rotatable bonds is 2. The molecule has 5 heteroatoms. The summed E-state index contributed by atoms with van der Waals surface area (Å²) in [5, 5.41) is 3.82. The average molecular weight is 232 g/mol. The molecule has 0 fully saturated rings. The molecule has 2 heterocycles. The Bertz CT molecular complexity index is 489. The fourth-order valence-electron chi connectivity index (χ4n) is 2.47. The molecular formula is C12H16N4O. The fraction of sp³-hybridized carbons (Fsp3) is 0.500. The maximum atomic E-state index is 6.17. The van der Waals surface area contributed by atoms with Crippen molar-refractivity contribution in [1.29, 1.82) is 0 Å². The number of nitrogens with zero attached hydrogens (tertiary/aromatic N) is 3. The lowest BCUT2D eigenvalue weighted by molar-refractivity contribution is 0.408. The van der Waals surface area contributed by atoms with Crippen molar-refractivity contribution in [2.24, 2.45) is 5.73 Å². The Kier molecular flexibility index (Phi) is 2.68. The van der Waals surface area contributed by atoms with E-state index >= 15 is 0 Å². The topological polar surface area (TPSA) is 69.9 Å². The molecule has 0 aliphatic heterocycles. The quantitative estimate of drug-likeness (QED) is 0.799. The molecule has 0 saturated heterocycles. The molecule has 5 nitrogen and oxygen atoms in total. The van der Waals surface area contributed by atoms with Crippen LogP contribution in [0.25, 0.3) is 0 Å². The Morgan fingerprint density at radius 1 is 1.41 bits per heavy atom. The third kappa shape index (κ3) is 2.10. The zero-order valence-electron chi connectivity index (χ0n) is 9.67. The molecule has 90 valence electrons. The third-order valence-corrected chi connectivity index (χ3v) is 3.34. The van der Waals surface area contributed by atoms with Crippen molar-refractivity contribution in [2.75, 3.05) is 0 Å². The standard InChI is InChI=1S/C12H16N4O/c13-11-4-2-1-3-9-5-16(6-10(9)11)7-12-14-8-17-15-12/h5-6,8,11H,1-4,7,13H2. The van der Waals surface area contributed by atoms with Crippen LogP contribution in [0.1, 0.15) is 42.3 Å². The summed E-state index contributed by atoms with van der Waals surface area (Å²) in [6, 6.07) is 0.180. The van der Waals surface area contributed by atoms with Gasteiger partial charge in [0.15, 0.2) is 5.82 Å². The molecule has 1 unspecified atom stereocenters. The summed E-state index contributed by atoms with van der Waals surface area (Å²) in [5.74, 6) is 0.698. The van der Waals surface area contributed by atoms with Gasteiger partial charge in [0.05, 0.1) is 6.54 Å². The molecule has 3 rings (SSSR count). The second-order valence-corrected chi connectivity index (χ2v) is 4.61. The van der Waals surface area contributed by atoms with Gasteiger partial charge in [-0.25, -0.2) is 0 Å². The molecule has 1 aliphatic rings. The van der Waals surface area contributed by atoms with Gasteiger partial charge in [0, 0.05) is 18.4 Å². The van der Waals surface area contributed by atoms with Crippen LogP contribution < -0.4 is 5.73 Å². The SMILES string of the molecule is NC1CCCCc2cn(Cc3ncon3)cc21. The van der Waals surface area contributed by atoms with E-state index in [0.29, 0.717) is 12.4 Å². The maximum absolute atomic E-state index is 6.17. The molecule has 0 radical (unpaired) electrons. The lowest BCUT2D eigenvalue weighted by Gasteiger charge is -2.07. The van der Waals surface area contributed by atoms with Crippen LogP contribution in [0.2, 0.25) is 0 Å². The Morgan fingerprint density at radius 2 is 2.35 bits per heavy atom. The van der Waals surface area contributed by atoms with Gasteiger partial charge in [0.25, 0.3) is 0 Å². The second-order valence-electron chi connectivity index (χ2n) is 4.61. The van der Waals surface area contributed by atoms with Crippen molar-refractivity contribution in [3.63, 3.8) is 0 Å². The highest BCUT2D eigenvalue weighted by Gasteiger charge is 2.17. The molecule has 2 aromatic rings. The van der Waals surface area contributed by atoms with Crippen molar-refractivity contribution < 1.29 is 4.52 Å². The second kappa shape index (κ2) is 4.33. The highest BCUT2D eigenvalue weighted by atomic mass is 16.5. The van der Waals surface area contributed by atoms with Crippen LogP contribution in [-0.4, -0.2) is 14.7 Å². The minimum absolute atomic E-state index is 0.180. The van der Waals surface area contributed by atoms with Gasteiger partial charge >= 0.3 is 0 Å². The number of aromatic nitrogens is 3. The lowest BCUT2D eigenvalue weighted by atomic mass is 10.1. The summed E-state index contributed by atoms with van der Waals surface area (Å²) in [6.45, 7) is 0.649.